The SMILES string of the molecule is O=C(O)C1CCC1C(=O)NC(Cc1ccccc1)C(=O)N1CCCC1. The molecule has 3 rings (SSSR count). The fraction of sp³-hybridized carbons (Fsp3) is 0.526. The molecule has 0 spiro atoms. The zero-order valence-corrected chi connectivity index (χ0v) is 14.2. The van der Waals surface area contributed by atoms with Gasteiger partial charge in [-0.25, -0.2) is 0 Å². The first-order chi connectivity index (χ1) is 12.1. The van der Waals surface area contributed by atoms with Gasteiger partial charge < -0.3 is 15.3 Å². The summed E-state index contributed by atoms with van der Waals surface area (Å²) in [5.74, 6) is -2.47. The number of amides is 2. The first-order valence-electron chi connectivity index (χ1n) is 8.92. The summed E-state index contributed by atoms with van der Waals surface area (Å²) < 4.78 is 0. The lowest BCUT2D eigenvalue weighted by Gasteiger charge is -2.34. The predicted octanol–water partition coefficient (Wildman–Crippen LogP) is 1.45. The normalized spacial score (nSPS) is 23.6. The molecule has 2 aliphatic rings. The van der Waals surface area contributed by atoms with Gasteiger partial charge in [0.2, 0.25) is 11.8 Å². The lowest BCUT2D eigenvalue weighted by molar-refractivity contribution is -0.153. The number of carbonyl (C=O) groups excluding carboxylic acids is 2. The van der Waals surface area contributed by atoms with Crippen molar-refractivity contribution in [3.05, 3.63) is 35.9 Å². The number of nitrogens with one attached hydrogen (secondary N) is 1. The number of benzene rings is 1. The summed E-state index contributed by atoms with van der Waals surface area (Å²) in [6.45, 7) is 1.45. The molecule has 0 bridgehead atoms. The van der Waals surface area contributed by atoms with Crippen LogP contribution < -0.4 is 5.32 Å². The van der Waals surface area contributed by atoms with Crippen LogP contribution in [0.1, 0.15) is 31.2 Å². The minimum Gasteiger partial charge on any atom is -0.481 e. The number of carboxylic acid groups (broad SMARTS) is 1. The molecule has 0 aromatic heterocycles. The maximum absolute atomic E-state index is 12.8. The van der Waals surface area contributed by atoms with E-state index < -0.39 is 23.8 Å². The molecule has 25 heavy (non-hydrogen) atoms. The van der Waals surface area contributed by atoms with Crippen molar-refractivity contribution in [3.63, 3.8) is 0 Å². The highest BCUT2D eigenvalue weighted by Gasteiger charge is 2.42. The number of carboxylic acids is 1. The van der Waals surface area contributed by atoms with Crippen LogP contribution in [0.3, 0.4) is 0 Å². The van der Waals surface area contributed by atoms with Gasteiger partial charge >= 0.3 is 5.97 Å². The van der Waals surface area contributed by atoms with E-state index in [2.05, 4.69) is 5.32 Å². The largest absolute Gasteiger partial charge is 0.481 e. The van der Waals surface area contributed by atoms with Crippen LogP contribution in [0.15, 0.2) is 30.3 Å². The van der Waals surface area contributed by atoms with Gasteiger partial charge in [0.15, 0.2) is 0 Å². The van der Waals surface area contributed by atoms with Crippen molar-refractivity contribution in [1.82, 2.24) is 10.2 Å². The standard InChI is InChI=1S/C19H24N2O4/c22-17(14-8-9-15(14)19(24)25)20-16(12-13-6-2-1-3-7-13)18(23)21-10-4-5-11-21/h1-3,6-7,14-16H,4-5,8-12H2,(H,20,22)(H,24,25). The molecule has 2 fully saturated rings. The highest BCUT2D eigenvalue weighted by atomic mass is 16.4. The van der Waals surface area contributed by atoms with Crippen molar-refractivity contribution in [2.45, 2.75) is 38.1 Å². The Bertz CT molecular complexity index is 640. The van der Waals surface area contributed by atoms with Gasteiger partial charge in [-0.2, -0.15) is 0 Å². The third-order valence-electron chi connectivity index (χ3n) is 5.24. The van der Waals surface area contributed by atoms with E-state index in [9.17, 15) is 14.4 Å². The van der Waals surface area contributed by atoms with Crippen molar-refractivity contribution >= 4 is 17.8 Å². The zero-order valence-electron chi connectivity index (χ0n) is 14.2. The van der Waals surface area contributed by atoms with E-state index in [1.165, 1.54) is 0 Å². The monoisotopic (exact) mass is 344 g/mol. The first-order valence-corrected chi connectivity index (χ1v) is 8.92. The fourth-order valence-electron chi connectivity index (χ4n) is 3.60. The molecule has 6 nitrogen and oxygen atoms in total. The van der Waals surface area contributed by atoms with Crippen molar-refractivity contribution in [3.8, 4) is 0 Å². The van der Waals surface area contributed by atoms with Gasteiger partial charge in [-0.1, -0.05) is 30.3 Å². The van der Waals surface area contributed by atoms with E-state index in [1.807, 2.05) is 30.3 Å². The number of likely N-dealkylation sites (tertiary alicyclic amines) is 1. The molecule has 1 aliphatic carbocycles. The molecular weight excluding hydrogens is 320 g/mol. The molecular formula is C19H24N2O4. The van der Waals surface area contributed by atoms with Gasteiger partial charge in [0.05, 0.1) is 11.8 Å². The molecule has 0 radical (unpaired) electrons. The molecule has 1 aromatic rings. The quantitative estimate of drug-likeness (QED) is 0.818. The second kappa shape index (κ2) is 7.68. The molecule has 3 atom stereocenters. The van der Waals surface area contributed by atoms with Crippen LogP contribution in [-0.2, 0) is 20.8 Å². The van der Waals surface area contributed by atoms with E-state index >= 15 is 0 Å². The molecule has 1 heterocycles. The second-order valence-electron chi connectivity index (χ2n) is 6.91. The molecule has 1 aromatic carbocycles. The third-order valence-corrected chi connectivity index (χ3v) is 5.24. The molecule has 2 amide bonds. The first kappa shape index (κ1) is 17.5. The Kier molecular flexibility index (Phi) is 5.36. The Morgan fingerprint density at radius 2 is 1.72 bits per heavy atom. The average Bonchev–Trinajstić information content (AvgIpc) is 3.07. The van der Waals surface area contributed by atoms with Gasteiger partial charge in [0.25, 0.3) is 0 Å². The molecule has 1 aliphatic heterocycles. The minimum atomic E-state index is -0.933. The number of aliphatic carboxylic acids is 1. The van der Waals surface area contributed by atoms with Crippen LogP contribution in [0, 0.1) is 11.8 Å². The number of nitrogens with zero attached hydrogens (tertiary/aromatic N) is 1. The van der Waals surface area contributed by atoms with Crippen LogP contribution in [-0.4, -0.2) is 46.9 Å². The number of rotatable bonds is 6. The van der Waals surface area contributed by atoms with Crippen LogP contribution in [0.2, 0.25) is 0 Å². The average molecular weight is 344 g/mol. The van der Waals surface area contributed by atoms with Crippen LogP contribution in [0.4, 0.5) is 0 Å². The van der Waals surface area contributed by atoms with E-state index in [0.29, 0.717) is 19.3 Å². The van der Waals surface area contributed by atoms with E-state index in [4.69, 9.17) is 5.11 Å². The van der Waals surface area contributed by atoms with Crippen LogP contribution in [0.5, 0.6) is 0 Å². The summed E-state index contributed by atoms with van der Waals surface area (Å²) in [6.07, 6.45) is 3.49. The third kappa shape index (κ3) is 4.00. The Morgan fingerprint density at radius 1 is 1.08 bits per heavy atom. The van der Waals surface area contributed by atoms with Crippen molar-refractivity contribution < 1.29 is 19.5 Å². The van der Waals surface area contributed by atoms with Gasteiger partial charge in [-0.05, 0) is 31.2 Å². The summed E-state index contributed by atoms with van der Waals surface area (Å²) in [5.41, 5.74) is 0.976. The summed E-state index contributed by atoms with van der Waals surface area (Å²) in [5, 5.41) is 12.0. The van der Waals surface area contributed by atoms with Crippen LogP contribution in [0.25, 0.3) is 0 Å². The lowest BCUT2D eigenvalue weighted by Crippen LogP contribution is -2.53. The van der Waals surface area contributed by atoms with E-state index in [-0.39, 0.29) is 11.8 Å². The molecule has 3 unspecified atom stereocenters. The molecule has 134 valence electrons. The molecule has 1 saturated carbocycles. The highest BCUT2D eigenvalue weighted by molar-refractivity contribution is 5.91. The van der Waals surface area contributed by atoms with E-state index in [1.54, 1.807) is 4.90 Å². The van der Waals surface area contributed by atoms with Gasteiger partial charge in [0, 0.05) is 19.5 Å². The Morgan fingerprint density at radius 3 is 2.28 bits per heavy atom. The second-order valence-corrected chi connectivity index (χ2v) is 6.91. The Hall–Kier alpha value is -2.37. The molecule has 6 heteroatoms. The van der Waals surface area contributed by atoms with Crippen molar-refractivity contribution in [1.29, 1.82) is 0 Å². The maximum atomic E-state index is 12.8. The lowest BCUT2D eigenvalue weighted by atomic mass is 9.73. The summed E-state index contributed by atoms with van der Waals surface area (Å²) in [6, 6.07) is 8.94. The molecule has 1 saturated heterocycles. The summed E-state index contributed by atoms with van der Waals surface area (Å²) in [4.78, 5) is 38.3. The molecule has 2 N–H and O–H groups in total. The highest BCUT2D eigenvalue weighted by Crippen LogP contribution is 2.34. The number of hydrogen-bond donors (Lipinski definition) is 2. The van der Waals surface area contributed by atoms with Gasteiger partial charge in [0.1, 0.15) is 6.04 Å². The fourth-order valence-corrected chi connectivity index (χ4v) is 3.60. The van der Waals surface area contributed by atoms with Crippen molar-refractivity contribution in [2.24, 2.45) is 11.8 Å². The van der Waals surface area contributed by atoms with Crippen molar-refractivity contribution in [2.75, 3.05) is 13.1 Å². The van der Waals surface area contributed by atoms with E-state index in [0.717, 1.165) is 31.5 Å². The summed E-state index contributed by atoms with van der Waals surface area (Å²) in [7, 11) is 0. The van der Waals surface area contributed by atoms with Gasteiger partial charge in [-0.3, -0.25) is 14.4 Å². The predicted molar refractivity (Wildman–Crippen MR) is 91.7 cm³/mol. The smallest absolute Gasteiger partial charge is 0.307 e. The minimum absolute atomic E-state index is 0.0686. The topological polar surface area (TPSA) is 86.7 Å². The van der Waals surface area contributed by atoms with Crippen LogP contribution >= 0.6 is 0 Å². The Labute approximate surface area is 147 Å². The Balaban J connectivity index is 1.70. The number of hydrogen-bond acceptors (Lipinski definition) is 3. The number of carbonyl (C=O) groups is 3. The van der Waals surface area contributed by atoms with Gasteiger partial charge in [-0.15, -0.1) is 0 Å². The summed E-state index contributed by atoms with van der Waals surface area (Å²) >= 11 is 0. The zero-order chi connectivity index (χ0) is 17.8. The maximum Gasteiger partial charge on any atom is 0.307 e.